The van der Waals surface area contributed by atoms with Crippen LogP contribution in [0.4, 0.5) is 0 Å². The minimum Gasteiger partial charge on any atom is -0.396 e. The topological polar surface area (TPSA) is 38.7 Å². The first kappa shape index (κ1) is 11.0. The van der Waals surface area contributed by atoms with E-state index in [-0.39, 0.29) is 18.3 Å². The van der Waals surface area contributed by atoms with E-state index in [2.05, 4.69) is 0 Å². The van der Waals surface area contributed by atoms with Gasteiger partial charge in [-0.25, -0.2) is 0 Å². The van der Waals surface area contributed by atoms with Crippen LogP contribution >= 0.6 is 0 Å². The van der Waals surface area contributed by atoms with Gasteiger partial charge in [-0.3, -0.25) is 0 Å². The van der Waals surface area contributed by atoms with Crippen LogP contribution in [0.3, 0.4) is 0 Å². The molecule has 3 heteroatoms. The molecule has 1 fully saturated rings. The number of aliphatic hydroxyl groups is 1. The molecule has 1 saturated heterocycles. The molecule has 0 aromatic rings. The number of hydrogen-bond donors (Lipinski definition) is 1. The van der Waals surface area contributed by atoms with Gasteiger partial charge in [-0.2, -0.15) is 0 Å². The van der Waals surface area contributed by atoms with Crippen LogP contribution in [0.5, 0.6) is 0 Å². The first-order valence-corrected chi connectivity index (χ1v) is 4.86. The van der Waals surface area contributed by atoms with Crippen molar-refractivity contribution in [2.45, 2.75) is 58.0 Å². The van der Waals surface area contributed by atoms with E-state index < -0.39 is 5.79 Å². The highest BCUT2D eigenvalue weighted by atomic mass is 16.8. The lowest BCUT2D eigenvalue weighted by Crippen LogP contribution is -2.33. The van der Waals surface area contributed by atoms with Gasteiger partial charge in [0.1, 0.15) is 0 Å². The van der Waals surface area contributed by atoms with Gasteiger partial charge < -0.3 is 14.6 Å². The zero-order valence-electron chi connectivity index (χ0n) is 8.96. The summed E-state index contributed by atoms with van der Waals surface area (Å²) >= 11 is 0. The van der Waals surface area contributed by atoms with Crippen LogP contribution in [-0.4, -0.2) is 29.2 Å². The average Bonchev–Trinajstić information content (AvgIpc) is 2.14. The van der Waals surface area contributed by atoms with E-state index in [1.165, 1.54) is 0 Å². The maximum atomic E-state index is 8.73. The normalized spacial score (nSPS) is 30.7. The third kappa shape index (κ3) is 2.66. The number of hydrogen-bond acceptors (Lipinski definition) is 3. The largest absolute Gasteiger partial charge is 0.396 e. The molecule has 1 aliphatic heterocycles. The van der Waals surface area contributed by atoms with E-state index in [4.69, 9.17) is 14.6 Å². The summed E-state index contributed by atoms with van der Waals surface area (Å²) in [7, 11) is 0. The average molecular weight is 188 g/mol. The zero-order valence-corrected chi connectivity index (χ0v) is 8.96. The van der Waals surface area contributed by atoms with Gasteiger partial charge in [-0.15, -0.1) is 0 Å². The van der Waals surface area contributed by atoms with Crippen molar-refractivity contribution < 1.29 is 14.6 Å². The van der Waals surface area contributed by atoms with Gasteiger partial charge >= 0.3 is 0 Å². The highest BCUT2D eigenvalue weighted by molar-refractivity contribution is 4.88. The summed E-state index contributed by atoms with van der Waals surface area (Å²) in [5.74, 6) is -0.483. The Morgan fingerprint density at radius 3 is 2.23 bits per heavy atom. The molecule has 1 rings (SSSR count). The molecule has 0 amide bonds. The molecule has 13 heavy (non-hydrogen) atoms. The standard InChI is InChI=1S/C10H20O3/c1-9(2)8(6-5-7-11)12-10(3,4)13-9/h8,11H,5-7H2,1-4H3. The zero-order chi connectivity index (χ0) is 10.1. The minimum absolute atomic E-state index is 0.0923. The molecular formula is C10H20O3. The maximum absolute atomic E-state index is 8.73. The van der Waals surface area contributed by atoms with E-state index >= 15 is 0 Å². The Balaban J connectivity index is 2.54. The first-order chi connectivity index (χ1) is 5.87. The predicted octanol–water partition coefficient (Wildman–Crippen LogP) is 1.69. The van der Waals surface area contributed by atoms with Crippen LogP contribution in [0.25, 0.3) is 0 Å². The van der Waals surface area contributed by atoms with Crippen LogP contribution < -0.4 is 0 Å². The molecule has 78 valence electrons. The van der Waals surface area contributed by atoms with Gasteiger partial charge in [-0.1, -0.05) is 0 Å². The Bertz CT molecular complexity index is 175. The van der Waals surface area contributed by atoms with Crippen LogP contribution in [0.15, 0.2) is 0 Å². The van der Waals surface area contributed by atoms with Crippen molar-refractivity contribution >= 4 is 0 Å². The lowest BCUT2D eigenvalue weighted by Gasteiger charge is -2.23. The summed E-state index contributed by atoms with van der Waals surface area (Å²) in [5, 5.41) is 8.73. The third-order valence-electron chi connectivity index (χ3n) is 2.33. The molecule has 3 nitrogen and oxygen atoms in total. The number of rotatable bonds is 3. The highest BCUT2D eigenvalue weighted by Gasteiger charge is 2.46. The van der Waals surface area contributed by atoms with Crippen molar-refractivity contribution in [3.8, 4) is 0 Å². The van der Waals surface area contributed by atoms with Crippen LogP contribution in [0, 0.1) is 0 Å². The molecule has 1 unspecified atom stereocenters. The second-order valence-electron chi connectivity index (χ2n) is 4.58. The molecule has 0 aliphatic carbocycles. The van der Waals surface area contributed by atoms with E-state index in [1.807, 2.05) is 27.7 Å². The lowest BCUT2D eigenvalue weighted by atomic mass is 9.98. The van der Waals surface area contributed by atoms with Crippen molar-refractivity contribution in [1.29, 1.82) is 0 Å². The fourth-order valence-electron chi connectivity index (χ4n) is 1.89. The van der Waals surface area contributed by atoms with Crippen molar-refractivity contribution in [1.82, 2.24) is 0 Å². The molecule has 1 heterocycles. The van der Waals surface area contributed by atoms with Gasteiger partial charge in [0.2, 0.25) is 0 Å². The Morgan fingerprint density at radius 1 is 1.23 bits per heavy atom. The van der Waals surface area contributed by atoms with Crippen LogP contribution in [-0.2, 0) is 9.47 Å². The Hall–Kier alpha value is -0.120. The van der Waals surface area contributed by atoms with E-state index in [0.29, 0.717) is 0 Å². The van der Waals surface area contributed by atoms with Crippen LogP contribution in [0.1, 0.15) is 40.5 Å². The van der Waals surface area contributed by atoms with Crippen molar-refractivity contribution in [3.63, 3.8) is 0 Å². The van der Waals surface area contributed by atoms with Crippen molar-refractivity contribution in [3.05, 3.63) is 0 Å². The molecule has 0 bridgehead atoms. The molecule has 0 aromatic heterocycles. The fourth-order valence-corrected chi connectivity index (χ4v) is 1.89. The minimum atomic E-state index is -0.483. The number of ether oxygens (including phenoxy) is 2. The van der Waals surface area contributed by atoms with E-state index in [1.54, 1.807) is 0 Å². The molecule has 0 radical (unpaired) electrons. The quantitative estimate of drug-likeness (QED) is 0.732. The second kappa shape index (κ2) is 3.56. The van der Waals surface area contributed by atoms with Gasteiger partial charge in [-0.05, 0) is 40.5 Å². The highest BCUT2D eigenvalue weighted by Crippen LogP contribution is 2.37. The molecule has 0 spiro atoms. The van der Waals surface area contributed by atoms with E-state index in [9.17, 15) is 0 Å². The monoisotopic (exact) mass is 188 g/mol. The van der Waals surface area contributed by atoms with Crippen LogP contribution in [0.2, 0.25) is 0 Å². The maximum Gasteiger partial charge on any atom is 0.164 e. The summed E-state index contributed by atoms with van der Waals surface area (Å²) in [6.45, 7) is 8.13. The smallest absolute Gasteiger partial charge is 0.164 e. The third-order valence-corrected chi connectivity index (χ3v) is 2.33. The fraction of sp³-hybridized carbons (Fsp3) is 1.00. The van der Waals surface area contributed by atoms with Gasteiger partial charge in [0, 0.05) is 6.61 Å². The Morgan fingerprint density at radius 2 is 1.85 bits per heavy atom. The second-order valence-corrected chi connectivity index (χ2v) is 4.58. The first-order valence-electron chi connectivity index (χ1n) is 4.86. The van der Waals surface area contributed by atoms with Gasteiger partial charge in [0.25, 0.3) is 0 Å². The van der Waals surface area contributed by atoms with Gasteiger partial charge in [0.15, 0.2) is 5.79 Å². The molecule has 1 N–H and O–H groups in total. The molecule has 1 atom stereocenters. The summed E-state index contributed by atoms with van der Waals surface area (Å²) in [6, 6.07) is 0. The summed E-state index contributed by atoms with van der Waals surface area (Å²) in [6.07, 6.45) is 1.72. The lowest BCUT2D eigenvalue weighted by molar-refractivity contribution is -0.157. The predicted molar refractivity (Wildman–Crippen MR) is 50.4 cm³/mol. The molecule has 0 aromatic carbocycles. The summed E-state index contributed by atoms with van der Waals surface area (Å²) in [5.41, 5.74) is -0.237. The number of aliphatic hydroxyl groups excluding tert-OH is 1. The van der Waals surface area contributed by atoms with E-state index in [0.717, 1.165) is 12.8 Å². The van der Waals surface area contributed by atoms with Gasteiger partial charge in [0.05, 0.1) is 11.7 Å². The Labute approximate surface area is 80.0 Å². The molecule has 0 saturated carbocycles. The summed E-state index contributed by atoms with van der Waals surface area (Å²) < 4.78 is 11.5. The Kier molecular flexibility index (Phi) is 3.00. The molecular weight excluding hydrogens is 168 g/mol. The van der Waals surface area contributed by atoms with Crippen molar-refractivity contribution in [2.24, 2.45) is 0 Å². The molecule has 1 aliphatic rings. The SMILES string of the molecule is CC1(C)OC(CCCO)C(C)(C)O1. The van der Waals surface area contributed by atoms with Crippen molar-refractivity contribution in [2.75, 3.05) is 6.61 Å². The summed E-state index contributed by atoms with van der Waals surface area (Å²) in [4.78, 5) is 0.